The largest absolute Gasteiger partial charge is 0.477 e. The van der Waals surface area contributed by atoms with Gasteiger partial charge in [-0.15, -0.1) is 0 Å². The highest BCUT2D eigenvalue weighted by atomic mass is 19.4. The Morgan fingerprint density at radius 2 is 1.44 bits per heavy atom. The summed E-state index contributed by atoms with van der Waals surface area (Å²) in [5.74, 6) is -1.55. The summed E-state index contributed by atoms with van der Waals surface area (Å²) in [7, 11) is 0. The lowest BCUT2D eigenvalue weighted by Gasteiger charge is -2.16. The smallest absolute Gasteiger partial charge is 0.416 e. The molecular weight excluding hydrogens is 498 g/mol. The number of halogens is 6. The van der Waals surface area contributed by atoms with Gasteiger partial charge >= 0.3 is 18.0 Å². The van der Waals surface area contributed by atoms with E-state index in [-0.39, 0.29) is 23.3 Å². The van der Waals surface area contributed by atoms with Gasteiger partial charge in [0.25, 0.3) is 5.91 Å². The molecule has 13 heteroatoms. The summed E-state index contributed by atoms with van der Waals surface area (Å²) >= 11 is 0. The fourth-order valence-electron chi connectivity index (χ4n) is 2.91. The first-order valence-corrected chi connectivity index (χ1v) is 9.98. The second-order valence-corrected chi connectivity index (χ2v) is 7.40. The van der Waals surface area contributed by atoms with E-state index in [1.165, 1.54) is 0 Å². The molecule has 0 saturated heterocycles. The topological polar surface area (TPSA) is 90.7 Å². The molecule has 0 fully saturated rings. The van der Waals surface area contributed by atoms with Gasteiger partial charge in [-0.25, -0.2) is 0 Å². The van der Waals surface area contributed by atoms with Crippen LogP contribution in [-0.4, -0.2) is 17.4 Å². The van der Waals surface area contributed by atoms with Gasteiger partial charge in [0.2, 0.25) is 0 Å². The number of benzene rings is 3. The number of rotatable bonds is 7. The van der Waals surface area contributed by atoms with E-state index in [0.29, 0.717) is 18.2 Å². The van der Waals surface area contributed by atoms with E-state index in [0.717, 1.165) is 17.7 Å². The molecule has 1 N–H and O–H groups in total. The van der Waals surface area contributed by atoms with E-state index in [4.69, 9.17) is 9.47 Å². The molecule has 0 aliphatic rings. The number of anilines is 1. The normalized spacial score (nSPS) is 11.6. The average Bonchev–Trinajstić information content (AvgIpc) is 2.78. The Morgan fingerprint density at radius 3 is 2.00 bits per heavy atom. The Hall–Kier alpha value is -4.29. The summed E-state index contributed by atoms with van der Waals surface area (Å²) in [4.78, 5) is 22.4. The van der Waals surface area contributed by atoms with Crippen molar-refractivity contribution in [2.75, 3.05) is 11.9 Å². The van der Waals surface area contributed by atoms with Crippen molar-refractivity contribution in [3.05, 3.63) is 87.5 Å². The zero-order valence-corrected chi connectivity index (χ0v) is 18.2. The number of amides is 1. The van der Waals surface area contributed by atoms with Gasteiger partial charge in [-0.1, -0.05) is 17.7 Å². The molecule has 0 aliphatic carbocycles. The Morgan fingerprint density at radius 1 is 0.889 bits per heavy atom. The van der Waals surface area contributed by atoms with E-state index in [9.17, 15) is 41.3 Å². The molecule has 36 heavy (non-hydrogen) atoms. The van der Waals surface area contributed by atoms with Gasteiger partial charge in [0.05, 0.1) is 21.7 Å². The van der Waals surface area contributed by atoms with E-state index in [1.54, 1.807) is 24.3 Å². The van der Waals surface area contributed by atoms with Crippen LogP contribution in [0.3, 0.4) is 0 Å². The van der Waals surface area contributed by atoms with Crippen molar-refractivity contribution in [1.82, 2.24) is 0 Å². The average molecular weight is 514 g/mol. The van der Waals surface area contributed by atoms with Crippen molar-refractivity contribution in [2.45, 2.75) is 19.3 Å². The number of aryl methyl sites for hydroxylation is 1. The molecule has 0 aromatic heterocycles. The summed E-state index contributed by atoms with van der Waals surface area (Å²) < 4.78 is 88.6. The van der Waals surface area contributed by atoms with E-state index >= 15 is 0 Å². The van der Waals surface area contributed by atoms with Gasteiger partial charge in [-0.05, 0) is 49.4 Å². The first-order chi connectivity index (χ1) is 16.7. The molecule has 7 nitrogen and oxygen atoms in total. The number of carbonyl (C=O) groups is 1. The van der Waals surface area contributed by atoms with Gasteiger partial charge in [-0.2, -0.15) is 26.3 Å². The van der Waals surface area contributed by atoms with Crippen LogP contribution in [0, 0.1) is 17.0 Å². The van der Waals surface area contributed by atoms with Crippen LogP contribution in [0.1, 0.15) is 16.7 Å². The van der Waals surface area contributed by atoms with Gasteiger partial charge in [-0.3, -0.25) is 14.9 Å². The Bertz CT molecular complexity index is 1270. The molecule has 1 amide bonds. The Balaban J connectivity index is 1.81. The van der Waals surface area contributed by atoms with E-state index in [2.05, 4.69) is 5.32 Å². The zero-order chi connectivity index (χ0) is 26.7. The van der Waals surface area contributed by atoms with Crippen molar-refractivity contribution < 1.29 is 45.5 Å². The van der Waals surface area contributed by atoms with E-state index < -0.39 is 52.4 Å². The molecular formula is C23H16F6N2O5. The highest BCUT2D eigenvalue weighted by molar-refractivity contribution is 5.93. The van der Waals surface area contributed by atoms with Gasteiger partial charge < -0.3 is 14.8 Å². The summed E-state index contributed by atoms with van der Waals surface area (Å²) in [5, 5.41) is 13.3. The van der Waals surface area contributed by atoms with Crippen molar-refractivity contribution in [3.8, 4) is 17.2 Å². The van der Waals surface area contributed by atoms with Crippen LogP contribution in [0.5, 0.6) is 17.2 Å². The van der Waals surface area contributed by atoms with Crippen LogP contribution >= 0.6 is 0 Å². The zero-order valence-electron chi connectivity index (χ0n) is 18.2. The predicted molar refractivity (Wildman–Crippen MR) is 115 cm³/mol. The molecule has 0 aliphatic heterocycles. The second kappa shape index (κ2) is 10.1. The molecule has 0 radical (unpaired) electrons. The van der Waals surface area contributed by atoms with Gasteiger partial charge in [0, 0.05) is 6.07 Å². The number of nitrogens with zero attached hydrogens (tertiary/aromatic N) is 1. The van der Waals surface area contributed by atoms with Crippen LogP contribution in [0.25, 0.3) is 0 Å². The minimum absolute atomic E-state index is 0.138. The first kappa shape index (κ1) is 26.3. The molecule has 0 saturated carbocycles. The van der Waals surface area contributed by atoms with Crippen LogP contribution in [0.4, 0.5) is 37.7 Å². The Labute approximate surface area is 199 Å². The number of alkyl halides is 6. The molecule has 190 valence electrons. The maximum absolute atomic E-state index is 13.2. The van der Waals surface area contributed by atoms with Crippen LogP contribution in [0.2, 0.25) is 0 Å². The van der Waals surface area contributed by atoms with Gasteiger partial charge in [0.1, 0.15) is 5.75 Å². The molecule has 0 unspecified atom stereocenters. The van der Waals surface area contributed by atoms with Gasteiger partial charge in [0.15, 0.2) is 18.1 Å². The molecule has 0 heterocycles. The highest BCUT2D eigenvalue weighted by Crippen LogP contribution is 2.38. The third-order valence-corrected chi connectivity index (χ3v) is 4.67. The number of nitrogens with one attached hydrogen (secondary N) is 1. The molecule has 0 spiro atoms. The van der Waals surface area contributed by atoms with Crippen LogP contribution < -0.4 is 14.8 Å². The number of carbonyl (C=O) groups excluding carboxylic acids is 1. The molecule has 3 rings (SSSR count). The van der Waals surface area contributed by atoms with Crippen molar-refractivity contribution in [3.63, 3.8) is 0 Å². The molecule has 0 atom stereocenters. The number of hydrogen-bond acceptors (Lipinski definition) is 5. The van der Waals surface area contributed by atoms with Crippen LogP contribution in [0.15, 0.2) is 60.7 Å². The van der Waals surface area contributed by atoms with Crippen molar-refractivity contribution >= 4 is 17.3 Å². The standard InChI is InChI=1S/C23H16F6N2O5/c1-13-2-6-16(7-3-13)36-19-8-4-14(22(24,25)26)10-17(19)30-21(32)12-35-20-9-5-15(23(27,28)29)11-18(20)31(33)34/h2-11H,12H2,1H3,(H,30,32). The van der Waals surface area contributed by atoms with Crippen LogP contribution in [-0.2, 0) is 17.1 Å². The summed E-state index contributed by atoms with van der Waals surface area (Å²) in [6.07, 6.45) is -9.59. The maximum Gasteiger partial charge on any atom is 0.416 e. The third kappa shape index (κ3) is 6.64. The molecule has 3 aromatic rings. The second-order valence-electron chi connectivity index (χ2n) is 7.40. The lowest BCUT2D eigenvalue weighted by molar-refractivity contribution is -0.386. The summed E-state index contributed by atoms with van der Waals surface area (Å²) in [6, 6.07) is 10.3. The number of nitro groups is 1. The minimum atomic E-state index is -4.85. The minimum Gasteiger partial charge on any atom is -0.477 e. The number of ether oxygens (including phenoxy) is 2. The fourth-order valence-corrected chi connectivity index (χ4v) is 2.91. The number of nitro benzene ring substituents is 1. The van der Waals surface area contributed by atoms with E-state index in [1.807, 2.05) is 6.92 Å². The number of hydrogen-bond donors (Lipinski definition) is 1. The highest BCUT2D eigenvalue weighted by Gasteiger charge is 2.34. The van der Waals surface area contributed by atoms with Crippen molar-refractivity contribution in [1.29, 1.82) is 0 Å². The monoisotopic (exact) mass is 514 g/mol. The molecule has 0 bridgehead atoms. The Kier molecular flexibility index (Phi) is 7.41. The summed E-state index contributed by atoms with van der Waals surface area (Å²) in [6.45, 7) is 0.862. The SMILES string of the molecule is Cc1ccc(Oc2ccc(C(F)(F)F)cc2NC(=O)COc2ccc(C(F)(F)F)cc2[N+](=O)[O-])cc1. The predicted octanol–water partition coefficient (Wildman–Crippen LogP) is 6.75. The lowest BCUT2D eigenvalue weighted by Crippen LogP contribution is -2.21. The maximum atomic E-state index is 13.2. The first-order valence-electron chi connectivity index (χ1n) is 9.98. The third-order valence-electron chi connectivity index (χ3n) is 4.67. The summed E-state index contributed by atoms with van der Waals surface area (Å²) in [5.41, 5.74) is -2.90. The molecule has 3 aromatic carbocycles. The fraction of sp³-hybridized carbons (Fsp3) is 0.174. The lowest BCUT2D eigenvalue weighted by atomic mass is 10.1. The quantitative estimate of drug-likeness (QED) is 0.214. The van der Waals surface area contributed by atoms with Crippen molar-refractivity contribution in [2.24, 2.45) is 0 Å².